The van der Waals surface area contributed by atoms with Crippen LogP contribution in [0.25, 0.3) is 72.0 Å². The maximum Gasteiger partial charge on any atom is 0.0541 e. The second-order valence-corrected chi connectivity index (χ2v) is 15.0. The summed E-state index contributed by atoms with van der Waals surface area (Å²) in [5, 5.41) is 2.53. The molecule has 0 aliphatic heterocycles. The first-order chi connectivity index (χ1) is 24.2. The summed E-state index contributed by atoms with van der Waals surface area (Å²) in [4.78, 5) is 0. The lowest BCUT2D eigenvalue weighted by Crippen LogP contribution is -2.14. The van der Waals surface area contributed by atoms with Gasteiger partial charge in [0, 0.05) is 21.8 Å². The largest absolute Gasteiger partial charge is 0.309 e. The van der Waals surface area contributed by atoms with E-state index in [4.69, 9.17) is 0 Å². The SMILES string of the molecule is Cc1cc(C)cc(-c2ccc3c(c2)c2cc(-c4cc(C)cc(C)c4)ccc2n3-c2ccccc2-c2ccc3c(c2)C(C)(C)c2ccccc2-3)c1. The number of aromatic nitrogens is 1. The van der Waals surface area contributed by atoms with Crippen LogP contribution in [0, 0.1) is 27.7 Å². The molecule has 242 valence electrons. The summed E-state index contributed by atoms with van der Waals surface area (Å²) in [7, 11) is 0. The van der Waals surface area contributed by atoms with E-state index in [9.17, 15) is 0 Å². The Morgan fingerprint density at radius 3 is 1.44 bits per heavy atom. The molecule has 7 aromatic carbocycles. The van der Waals surface area contributed by atoms with Crippen molar-refractivity contribution >= 4 is 21.8 Å². The number of benzene rings is 7. The van der Waals surface area contributed by atoms with Gasteiger partial charge in [-0.3, -0.25) is 0 Å². The molecular formula is C49H41N. The molecule has 0 fully saturated rings. The first kappa shape index (κ1) is 30.4. The molecule has 1 heteroatoms. The van der Waals surface area contributed by atoms with Crippen molar-refractivity contribution in [3.05, 3.63) is 173 Å². The monoisotopic (exact) mass is 643 g/mol. The van der Waals surface area contributed by atoms with Crippen LogP contribution >= 0.6 is 0 Å². The lowest BCUT2D eigenvalue weighted by atomic mass is 9.81. The summed E-state index contributed by atoms with van der Waals surface area (Å²) in [6, 6.07) is 52.7. The second kappa shape index (κ2) is 11.2. The van der Waals surface area contributed by atoms with Crippen molar-refractivity contribution in [1.29, 1.82) is 0 Å². The molecule has 1 nitrogen and oxygen atoms in total. The Kier molecular flexibility index (Phi) is 6.80. The molecule has 0 unspecified atom stereocenters. The minimum atomic E-state index is -0.0567. The van der Waals surface area contributed by atoms with Gasteiger partial charge in [-0.25, -0.2) is 0 Å². The van der Waals surface area contributed by atoms with Crippen LogP contribution in [0.4, 0.5) is 0 Å². The summed E-state index contributed by atoms with van der Waals surface area (Å²) in [5.74, 6) is 0. The number of para-hydroxylation sites is 1. The van der Waals surface area contributed by atoms with E-state index in [0.29, 0.717) is 0 Å². The normalized spacial score (nSPS) is 13.2. The van der Waals surface area contributed by atoms with Crippen molar-refractivity contribution in [3.63, 3.8) is 0 Å². The highest BCUT2D eigenvalue weighted by molar-refractivity contribution is 6.12. The standard InChI is InChI=1S/C49H41N/c1-30-21-31(2)24-37(23-30)34-16-19-47-42(27-34)43-28-35(38-25-32(3)22-33(4)26-38)17-20-48(43)50(47)46-14-10-8-11-39(46)36-15-18-41-40-12-7-9-13-44(40)49(5,6)45(41)29-36/h7-29H,1-6H3. The van der Waals surface area contributed by atoms with Gasteiger partial charge in [0.1, 0.15) is 0 Å². The highest BCUT2D eigenvalue weighted by Gasteiger charge is 2.35. The first-order valence-corrected chi connectivity index (χ1v) is 17.8. The highest BCUT2D eigenvalue weighted by atomic mass is 15.0. The van der Waals surface area contributed by atoms with Crippen LogP contribution in [0.3, 0.4) is 0 Å². The number of rotatable bonds is 4. The molecule has 0 saturated carbocycles. The minimum Gasteiger partial charge on any atom is -0.309 e. The molecule has 0 atom stereocenters. The molecule has 0 saturated heterocycles. The van der Waals surface area contributed by atoms with Crippen molar-refractivity contribution in [1.82, 2.24) is 4.57 Å². The number of hydrogen-bond acceptors (Lipinski definition) is 0. The van der Waals surface area contributed by atoms with Gasteiger partial charge in [-0.1, -0.05) is 139 Å². The quantitative estimate of drug-likeness (QED) is 0.180. The molecular weight excluding hydrogens is 603 g/mol. The van der Waals surface area contributed by atoms with Gasteiger partial charge < -0.3 is 4.57 Å². The van der Waals surface area contributed by atoms with Gasteiger partial charge in [0.15, 0.2) is 0 Å². The number of nitrogens with zero attached hydrogens (tertiary/aromatic N) is 1. The lowest BCUT2D eigenvalue weighted by molar-refractivity contribution is 0.660. The molecule has 1 aliphatic carbocycles. The molecule has 1 heterocycles. The molecule has 0 radical (unpaired) electrons. The van der Waals surface area contributed by atoms with Crippen molar-refractivity contribution < 1.29 is 0 Å². The van der Waals surface area contributed by atoms with Crippen molar-refractivity contribution in [2.24, 2.45) is 0 Å². The number of hydrogen-bond donors (Lipinski definition) is 0. The third-order valence-electron chi connectivity index (χ3n) is 10.9. The summed E-state index contributed by atoms with van der Waals surface area (Å²) in [6.07, 6.45) is 0. The van der Waals surface area contributed by atoms with E-state index in [1.165, 1.54) is 105 Å². The van der Waals surface area contributed by atoms with E-state index in [1.807, 2.05) is 0 Å². The number of fused-ring (bicyclic) bond motifs is 6. The predicted molar refractivity (Wildman–Crippen MR) is 214 cm³/mol. The smallest absolute Gasteiger partial charge is 0.0541 e. The lowest BCUT2D eigenvalue weighted by Gasteiger charge is -2.22. The molecule has 1 aliphatic rings. The van der Waals surface area contributed by atoms with Crippen LogP contribution in [-0.2, 0) is 5.41 Å². The van der Waals surface area contributed by atoms with Crippen LogP contribution in [0.1, 0.15) is 47.2 Å². The third-order valence-corrected chi connectivity index (χ3v) is 10.9. The Balaban J connectivity index is 1.29. The summed E-state index contributed by atoms with van der Waals surface area (Å²) in [6.45, 7) is 13.5. The van der Waals surface area contributed by atoms with E-state index in [-0.39, 0.29) is 5.41 Å². The zero-order valence-corrected chi connectivity index (χ0v) is 29.7. The molecule has 50 heavy (non-hydrogen) atoms. The predicted octanol–water partition coefficient (Wildman–Crippen LogP) is 13.3. The maximum absolute atomic E-state index is 2.49. The third kappa shape index (κ3) is 4.76. The fourth-order valence-electron chi connectivity index (χ4n) is 8.71. The Labute approximate surface area is 295 Å². The molecule has 0 N–H and O–H groups in total. The minimum absolute atomic E-state index is 0.0567. The van der Waals surface area contributed by atoms with Gasteiger partial charge in [0.25, 0.3) is 0 Å². The zero-order valence-electron chi connectivity index (χ0n) is 29.7. The maximum atomic E-state index is 2.49. The van der Waals surface area contributed by atoms with Crippen molar-refractivity contribution in [2.75, 3.05) is 0 Å². The van der Waals surface area contributed by atoms with Gasteiger partial charge in [0.05, 0.1) is 16.7 Å². The van der Waals surface area contributed by atoms with Gasteiger partial charge in [-0.15, -0.1) is 0 Å². The van der Waals surface area contributed by atoms with Gasteiger partial charge in [0.2, 0.25) is 0 Å². The van der Waals surface area contributed by atoms with Crippen LogP contribution in [0.2, 0.25) is 0 Å². The average molecular weight is 644 g/mol. The topological polar surface area (TPSA) is 4.93 Å². The Morgan fingerprint density at radius 2 is 0.860 bits per heavy atom. The summed E-state index contributed by atoms with van der Waals surface area (Å²) >= 11 is 0. The van der Waals surface area contributed by atoms with Crippen LogP contribution in [-0.4, -0.2) is 4.57 Å². The van der Waals surface area contributed by atoms with Crippen molar-refractivity contribution in [3.8, 4) is 50.2 Å². The van der Waals surface area contributed by atoms with Crippen molar-refractivity contribution in [2.45, 2.75) is 47.0 Å². The van der Waals surface area contributed by atoms with Crippen LogP contribution in [0.5, 0.6) is 0 Å². The average Bonchev–Trinajstić information content (AvgIpc) is 3.55. The van der Waals surface area contributed by atoms with E-state index >= 15 is 0 Å². The highest BCUT2D eigenvalue weighted by Crippen LogP contribution is 2.50. The Morgan fingerprint density at radius 1 is 0.380 bits per heavy atom. The molecule has 9 rings (SSSR count). The molecule has 1 aromatic heterocycles. The number of aryl methyl sites for hydroxylation is 4. The Hall–Kier alpha value is -5.66. The molecule has 8 aromatic rings. The van der Waals surface area contributed by atoms with Crippen LogP contribution in [0.15, 0.2) is 140 Å². The molecule has 0 spiro atoms. The van der Waals surface area contributed by atoms with E-state index < -0.39 is 0 Å². The second-order valence-electron chi connectivity index (χ2n) is 15.0. The van der Waals surface area contributed by atoms with E-state index in [2.05, 4.69) is 186 Å². The summed E-state index contributed by atoms with van der Waals surface area (Å²) in [5.41, 5.74) is 21.7. The van der Waals surface area contributed by atoms with E-state index in [1.54, 1.807) is 0 Å². The van der Waals surface area contributed by atoms with E-state index in [0.717, 1.165) is 0 Å². The zero-order chi connectivity index (χ0) is 34.3. The van der Waals surface area contributed by atoms with Gasteiger partial charge in [-0.05, 0) is 114 Å². The van der Waals surface area contributed by atoms with Gasteiger partial charge >= 0.3 is 0 Å². The first-order valence-electron chi connectivity index (χ1n) is 17.8. The summed E-state index contributed by atoms with van der Waals surface area (Å²) < 4.78 is 2.49. The fraction of sp³-hybridized carbons (Fsp3) is 0.143. The molecule has 0 amide bonds. The van der Waals surface area contributed by atoms with Crippen LogP contribution < -0.4 is 0 Å². The fourth-order valence-corrected chi connectivity index (χ4v) is 8.71. The van der Waals surface area contributed by atoms with Gasteiger partial charge in [-0.2, -0.15) is 0 Å². The Bertz CT molecular complexity index is 2510. The molecule has 0 bridgehead atoms.